The number of hydrogen-bond acceptors (Lipinski definition) is 2. The van der Waals surface area contributed by atoms with Crippen LogP contribution in [0.3, 0.4) is 0 Å². The molecule has 0 atom stereocenters. The number of nitro groups is 1. The summed E-state index contributed by atoms with van der Waals surface area (Å²) in [5, 5.41) is 10.8. The van der Waals surface area contributed by atoms with Gasteiger partial charge in [-0.25, -0.2) is 4.39 Å². The summed E-state index contributed by atoms with van der Waals surface area (Å²) in [4.78, 5) is 9.99. The first kappa shape index (κ1) is 10.8. The van der Waals surface area contributed by atoms with Crippen LogP contribution in [0.5, 0.6) is 0 Å². The van der Waals surface area contributed by atoms with Crippen molar-refractivity contribution in [2.45, 2.75) is 5.33 Å². The Balaban J connectivity index is 3.33. The summed E-state index contributed by atoms with van der Waals surface area (Å²) in [6.45, 7) is 0. The van der Waals surface area contributed by atoms with Crippen LogP contribution in [0.4, 0.5) is 10.1 Å². The van der Waals surface area contributed by atoms with Crippen LogP contribution in [-0.4, -0.2) is 4.92 Å². The van der Waals surface area contributed by atoms with Gasteiger partial charge in [-0.1, -0.05) is 15.9 Å². The molecule has 1 aromatic carbocycles. The number of hydrogen-bond donors (Lipinski definition) is 0. The monoisotopic (exact) mass is 359 g/mol. The lowest BCUT2D eigenvalue weighted by Crippen LogP contribution is -1.96. The SMILES string of the molecule is O=[N+]([O-])c1cc(I)c(F)cc1CBr. The first-order valence-electron chi connectivity index (χ1n) is 3.24. The van der Waals surface area contributed by atoms with Gasteiger partial charge < -0.3 is 0 Å². The van der Waals surface area contributed by atoms with Gasteiger partial charge in [0.05, 0.1) is 8.49 Å². The third-order valence-corrected chi connectivity index (χ3v) is 2.89. The zero-order valence-electron chi connectivity index (χ0n) is 6.26. The van der Waals surface area contributed by atoms with Gasteiger partial charge in [-0.15, -0.1) is 0 Å². The highest BCUT2D eigenvalue weighted by molar-refractivity contribution is 14.1. The number of alkyl halides is 1. The standard InChI is InChI=1S/C7H4BrFINO2/c8-3-4-1-5(9)6(10)2-7(4)11(12)13/h1-2H,3H2. The zero-order valence-corrected chi connectivity index (χ0v) is 10.0. The highest BCUT2D eigenvalue weighted by atomic mass is 127. The van der Waals surface area contributed by atoms with Gasteiger partial charge in [0, 0.05) is 17.0 Å². The number of halogens is 3. The Morgan fingerprint density at radius 3 is 2.69 bits per heavy atom. The molecule has 0 aromatic heterocycles. The molecule has 6 heteroatoms. The molecule has 0 heterocycles. The van der Waals surface area contributed by atoms with E-state index in [1.54, 1.807) is 22.6 Å². The van der Waals surface area contributed by atoms with Crippen molar-refractivity contribution in [3.05, 3.63) is 37.2 Å². The maximum Gasteiger partial charge on any atom is 0.274 e. The third kappa shape index (κ3) is 2.37. The van der Waals surface area contributed by atoms with Crippen molar-refractivity contribution in [3.8, 4) is 0 Å². The Hall–Kier alpha value is -0.240. The van der Waals surface area contributed by atoms with Crippen molar-refractivity contribution in [2.24, 2.45) is 0 Å². The van der Waals surface area contributed by atoms with Gasteiger partial charge in [0.25, 0.3) is 5.69 Å². The molecule has 13 heavy (non-hydrogen) atoms. The maximum atomic E-state index is 13.0. The van der Waals surface area contributed by atoms with Gasteiger partial charge in [0.2, 0.25) is 0 Å². The Bertz CT molecular complexity index is 359. The molecule has 70 valence electrons. The molecule has 0 aliphatic heterocycles. The minimum atomic E-state index is -0.516. The van der Waals surface area contributed by atoms with Gasteiger partial charge in [0.15, 0.2) is 0 Å². The summed E-state index contributed by atoms with van der Waals surface area (Å²) in [6, 6.07) is 2.40. The fourth-order valence-corrected chi connectivity index (χ4v) is 1.75. The van der Waals surface area contributed by atoms with Crippen LogP contribution in [0, 0.1) is 19.5 Å². The fourth-order valence-electron chi connectivity index (χ4n) is 0.855. The highest BCUT2D eigenvalue weighted by Gasteiger charge is 2.15. The molecular weight excluding hydrogens is 356 g/mol. The van der Waals surface area contributed by atoms with E-state index in [-0.39, 0.29) is 14.6 Å². The normalized spacial score (nSPS) is 10.1. The predicted octanol–water partition coefficient (Wildman–Crippen LogP) is 3.23. The van der Waals surface area contributed by atoms with Gasteiger partial charge in [0.1, 0.15) is 5.82 Å². The summed E-state index contributed by atoms with van der Waals surface area (Å²) in [5.41, 5.74) is 0.297. The molecular formula is C7H4BrFINO2. The Kier molecular flexibility index (Phi) is 3.60. The maximum absolute atomic E-state index is 13.0. The molecule has 0 aliphatic carbocycles. The lowest BCUT2D eigenvalue weighted by Gasteiger charge is -2.00. The smallest absolute Gasteiger partial charge is 0.258 e. The largest absolute Gasteiger partial charge is 0.274 e. The van der Waals surface area contributed by atoms with Crippen LogP contribution in [0.2, 0.25) is 0 Å². The van der Waals surface area contributed by atoms with E-state index in [0.717, 1.165) is 0 Å². The Morgan fingerprint density at radius 2 is 2.23 bits per heavy atom. The lowest BCUT2D eigenvalue weighted by atomic mass is 10.2. The van der Waals surface area contributed by atoms with Gasteiger partial charge in [-0.3, -0.25) is 10.1 Å². The first-order valence-corrected chi connectivity index (χ1v) is 5.44. The van der Waals surface area contributed by atoms with E-state index in [1.165, 1.54) is 12.1 Å². The summed E-state index contributed by atoms with van der Waals surface area (Å²) in [7, 11) is 0. The average Bonchev–Trinajstić information content (AvgIpc) is 2.08. The van der Waals surface area contributed by atoms with Crippen LogP contribution in [0.1, 0.15) is 5.56 Å². The molecule has 0 bridgehead atoms. The molecule has 3 nitrogen and oxygen atoms in total. The molecule has 0 saturated heterocycles. The van der Waals surface area contributed by atoms with Gasteiger partial charge in [-0.2, -0.15) is 0 Å². The second-order valence-electron chi connectivity index (χ2n) is 2.29. The van der Waals surface area contributed by atoms with Crippen LogP contribution in [-0.2, 0) is 5.33 Å². The lowest BCUT2D eigenvalue weighted by molar-refractivity contribution is -0.385. The summed E-state index contributed by atoms with van der Waals surface area (Å²) >= 11 is 4.78. The molecule has 0 saturated carbocycles. The van der Waals surface area contributed by atoms with Crippen molar-refractivity contribution in [2.75, 3.05) is 0 Å². The fraction of sp³-hybridized carbons (Fsp3) is 0.143. The van der Waals surface area contributed by atoms with Gasteiger partial charge in [-0.05, 0) is 28.7 Å². The second kappa shape index (κ2) is 4.32. The molecule has 0 fully saturated rings. The van der Waals surface area contributed by atoms with Crippen LogP contribution in [0.15, 0.2) is 12.1 Å². The minimum absolute atomic E-state index is 0.0531. The van der Waals surface area contributed by atoms with E-state index in [2.05, 4.69) is 15.9 Å². The van der Waals surface area contributed by atoms with Crippen molar-refractivity contribution in [3.63, 3.8) is 0 Å². The van der Waals surface area contributed by atoms with Crippen LogP contribution >= 0.6 is 38.5 Å². The van der Waals surface area contributed by atoms with E-state index >= 15 is 0 Å². The zero-order chi connectivity index (χ0) is 10.0. The minimum Gasteiger partial charge on any atom is -0.258 e. The number of benzene rings is 1. The van der Waals surface area contributed by atoms with E-state index in [4.69, 9.17) is 0 Å². The Labute approximate surface area is 95.7 Å². The van der Waals surface area contributed by atoms with Crippen molar-refractivity contribution in [1.29, 1.82) is 0 Å². The molecule has 0 N–H and O–H groups in total. The summed E-state index contributed by atoms with van der Waals surface area (Å²) in [5.74, 6) is -0.430. The van der Waals surface area contributed by atoms with Crippen LogP contribution in [0.25, 0.3) is 0 Å². The Morgan fingerprint density at radius 1 is 1.62 bits per heavy atom. The first-order chi connectivity index (χ1) is 6.06. The van der Waals surface area contributed by atoms with E-state index in [9.17, 15) is 14.5 Å². The van der Waals surface area contributed by atoms with E-state index in [1.807, 2.05) is 0 Å². The van der Waals surface area contributed by atoms with Crippen LogP contribution < -0.4 is 0 Å². The van der Waals surface area contributed by atoms with Crippen molar-refractivity contribution < 1.29 is 9.31 Å². The summed E-state index contributed by atoms with van der Waals surface area (Å²) < 4.78 is 13.2. The summed E-state index contributed by atoms with van der Waals surface area (Å²) in [6.07, 6.45) is 0. The molecule has 1 aromatic rings. The van der Waals surface area contributed by atoms with Crippen molar-refractivity contribution in [1.82, 2.24) is 0 Å². The topological polar surface area (TPSA) is 43.1 Å². The van der Waals surface area contributed by atoms with Gasteiger partial charge >= 0.3 is 0 Å². The molecule has 1 rings (SSSR count). The molecule has 0 aliphatic rings. The molecule has 0 spiro atoms. The molecule has 0 amide bonds. The number of rotatable bonds is 2. The van der Waals surface area contributed by atoms with E-state index in [0.29, 0.717) is 5.56 Å². The van der Waals surface area contributed by atoms with Crippen molar-refractivity contribution >= 4 is 44.2 Å². The highest BCUT2D eigenvalue weighted by Crippen LogP contribution is 2.25. The third-order valence-electron chi connectivity index (χ3n) is 1.46. The van der Waals surface area contributed by atoms with E-state index < -0.39 is 10.7 Å². The predicted molar refractivity (Wildman–Crippen MR) is 58.4 cm³/mol. The molecule has 0 radical (unpaired) electrons. The molecule has 0 unspecified atom stereocenters. The number of nitro benzene ring substituents is 1. The second-order valence-corrected chi connectivity index (χ2v) is 4.01. The average molecular weight is 360 g/mol. The number of nitrogens with zero attached hydrogens (tertiary/aromatic N) is 1. The quantitative estimate of drug-likeness (QED) is 0.352.